The van der Waals surface area contributed by atoms with Crippen molar-refractivity contribution in [1.29, 1.82) is 0 Å². The smallest absolute Gasteiger partial charge is 0.243 e. The standard InChI is InChI=1S/C15H18N2O3/c1-10-4-5-12(11(2)6-10)13(18)7-17-9-14(19)16(3)8-15(17)20/h4-6H,7-9H2,1-3H3. The maximum atomic E-state index is 12.3. The lowest BCUT2D eigenvalue weighted by Gasteiger charge is -2.31. The first-order valence-corrected chi connectivity index (χ1v) is 6.50. The van der Waals surface area contributed by atoms with Crippen LogP contribution in [0, 0.1) is 13.8 Å². The van der Waals surface area contributed by atoms with Gasteiger partial charge in [0.1, 0.15) is 6.54 Å². The Hall–Kier alpha value is -2.17. The van der Waals surface area contributed by atoms with Crippen LogP contribution in [-0.2, 0) is 9.59 Å². The van der Waals surface area contributed by atoms with Crippen molar-refractivity contribution in [2.24, 2.45) is 0 Å². The summed E-state index contributed by atoms with van der Waals surface area (Å²) in [6.45, 7) is 3.81. The summed E-state index contributed by atoms with van der Waals surface area (Å²) < 4.78 is 0. The molecular weight excluding hydrogens is 256 g/mol. The number of piperazine rings is 1. The van der Waals surface area contributed by atoms with E-state index in [9.17, 15) is 14.4 Å². The Morgan fingerprint density at radius 1 is 1.15 bits per heavy atom. The van der Waals surface area contributed by atoms with Gasteiger partial charge in [-0.05, 0) is 19.4 Å². The van der Waals surface area contributed by atoms with Crippen LogP contribution in [0.25, 0.3) is 0 Å². The van der Waals surface area contributed by atoms with Crippen molar-refractivity contribution in [3.05, 3.63) is 34.9 Å². The second-order valence-electron chi connectivity index (χ2n) is 5.24. The van der Waals surface area contributed by atoms with Gasteiger partial charge in [-0.25, -0.2) is 0 Å². The van der Waals surface area contributed by atoms with Crippen molar-refractivity contribution in [1.82, 2.24) is 9.80 Å². The van der Waals surface area contributed by atoms with E-state index in [-0.39, 0.29) is 37.2 Å². The minimum atomic E-state index is -0.190. The van der Waals surface area contributed by atoms with E-state index in [1.54, 1.807) is 13.1 Å². The first-order chi connectivity index (χ1) is 9.38. The average molecular weight is 274 g/mol. The lowest BCUT2D eigenvalue weighted by molar-refractivity contribution is -0.148. The summed E-state index contributed by atoms with van der Waals surface area (Å²) in [7, 11) is 1.59. The van der Waals surface area contributed by atoms with Crippen LogP contribution in [0.4, 0.5) is 0 Å². The first-order valence-electron chi connectivity index (χ1n) is 6.50. The highest BCUT2D eigenvalue weighted by molar-refractivity contribution is 6.02. The van der Waals surface area contributed by atoms with E-state index < -0.39 is 0 Å². The minimum Gasteiger partial charge on any atom is -0.335 e. The fraction of sp³-hybridized carbons (Fsp3) is 0.400. The van der Waals surface area contributed by atoms with Gasteiger partial charge in [0.25, 0.3) is 0 Å². The molecule has 1 aromatic rings. The first kappa shape index (κ1) is 14.2. The number of carbonyl (C=O) groups is 3. The Morgan fingerprint density at radius 2 is 1.85 bits per heavy atom. The molecule has 1 saturated heterocycles. The molecule has 1 aliphatic rings. The Kier molecular flexibility index (Phi) is 3.88. The van der Waals surface area contributed by atoms with Gasteiger partial charge >= 0.3 is 0 Å². The number of hydrogen-bond acceptors (Lipinski definition) is 3. The molecule has 0 saturated carbocycles. The van der Waals surface area contributed by atoms with E-state index in [1.165, 1.54) is 9.80 Å². The molecule has 0 aromatic heterocycles. The molecule has 0 aliphatic carbocycles. The highest BCUT2D eigenvalue weighted by Crippen LogP contribution is 2.13. The number of benzene rings is 1. The van der Waals surface area contributed by atoms with Crippen LogP contribution in [0.15, 0.2) is 18.2 Å². The molecule has 0 radical (unpaired) electrons. The van der Waals surface area contributed by atoms with E-state index >= 15 is 0 Å². The molecule has 1 fully saturated rings. The van der Waals surface area contributed by atoms with Gasteiger partial charge in [-0.1, -0.05) is 23.8 Å². The number of hydrogen-bond donors (Lipinski definition) is 0. The summed E-state index contributed by atoms with van der Waals surface area (Å²) in [5.41, 5.74) is 2.59. The van der Waals surface area contributed by atoms with Crippen molar-refractivity contribution < 1.29 is 14.4 Å². The zero-order chi connectivity index (χ0) is 14.9. The predicted octanol–water partition coefficient (Wildman–Crippen LogP) is 0.787. The summed E-state index contributed by atoms with van der Waals surface area (Å²) in [6, 6.07) is 5.58. The summed E-state index contributed by atoms with van der Waals surface area (Å²) in [6.07, 6.45) is 0. The molecule has 0 atom stereocenters. The fourth-order valence-corrected chi connectivity index (χ4v) is 2.29. The fourth-order valence-electron chi connectivity index (χ4n) is 2.29. The normalized spacial score (nSPS) is 15.8. The predicted molar refractivity (Wildman–Crippen MR) is 74.5 cm³/mol. The van der Waals surface area contributed by atoms with Crippen molar-refractivity contribution in [3.63, 3.8) is 0 Å². The molecule has 1 aromatic carbocycles. The van der Waals surface area contributed by atoms with Gasteiger partial charge in [-0.2, -0.15) is 0 Å². The minimum absolute atomic E-state index is 0.0218. The molecule has 0 unspecified atom stereocenters. The third-order valence-electron chi connectivity index (χ3n) is 3.49. The van der Waals surface area contributed by atoms with Crippen LogP contribution in [0.3, 0.4) is 0 Å². The van der Waals surface area contributed by atoms with Crippen molar-refractivity contribution in [2.45, 2.75) is 13.8 Å². The number of likely N-dealkylation sites (N-methyl/N-ethyl adjacent to an activating group) is 1. The zero-order valence-corrected chi connectivity index (χ0v) is 12.0. The van der Waals surface area contributed by atoms with E-state index in [4.69, 9.17) is 0 Å². The molecule has 2 rings (SSSR count). The summed E-state index contributed by atoms with van der Waals surface area (Å²) in [4.78, 5) is 38.4. The second kappa shape index (κ2) is 5.45. The Labute approximate surface area is 118 Å². The van der Waals surface area contributed by atoms with E-state index in [1.807, 2.05) is 26.0 Å². The number of rotatable bonds is 3. The number of amides is 2. The van der Waals surface area contributed by atoms with E-state index in [2.05, 4.69) is 0 Å². The van der Waals surface area contributed by atoms with E-state index in [0.29, 0.717) is 5.56 Å². The van der Waals surface area contributed by atoms with Crippen molar-refractivity contribution in [3.8, 4) is 0 Å². The number of carbonyl (C=O) groups excluding carboxylic acids is 3. The van der Waals surface area contributed by atoms with Gasteiger partial charge in [0.15, 0.2) is 5.78 Å². The van der Waals surface area contributed by atoms with Crippen LogP contribution >= 0.6 is 0 Å². The molecule has 20 heavy (non-hydrogen) atoms. The van der Waals surface area contributed by atoms with Crippen LogP contribution in [0.2, 0.25) is 0 Å². The molecule has 2 amide bonds. The van der Waals surface area contributed by atoms with Gasteiger partial charge < -0.3 is 9.80 Å². The highest BCUT2D eigenvalue weighted by atomic mass is 16.2. The molecule has 0 N–H and O–H groups in total. The largest absolute Gasteiger partial charge is 0.335 e. The molecule has 5 heteroatoms. The van der Waals surface area contributed by atoms with Gasteiger partial charge in [0.05, 0.1) is 13.1 Å². The lowest BCUT2D eigenvalue weighted by Crippen LogP contribution is -2.53. The molecule has 0 spiro atoms. The number of ketones is 1. The van der Waals surface area contributed by atoms with E-state index in [0.717, 1.165) is 11.1 Å². The SMILES string of the molecule is Cc1ccc(C(=O)CN2CC(=O)N(C)CC2=O)c(C)c1. The zero-order valence-electron chi connectivity index (χ0n) is 12.0. The lowest BCUT2D eigenvalue weighted by atomic mass is 10.0. The molecule has 1 aliphatic heterocycles. The highest BCUT2D eigenvalue weighted by Gasteiger charge is 2.29. The molecule has 1 heterocycles. The van der Waals surface area contributed by atoms with Gasteiger partial charge in [0.2, 0.25) is 11.8 Å². The van der Waals surface area contributed by atoms with Crippen LogP contribution < -0.4 is 0 Å². The summed E-state index contributed by atoms with van der Waals surface area (Å²) in [5.74, 6) is -0.462. The number of nitrogens with zero attached hydrogens (tertiary/aromatic N) is 2. The number of aryl methyl sites for hydroxylation is 2. The number of Topliss-reactive ketones (excluding diaryl/α,β-unsaturated/α-hetero) is 1. The van der Waals surface area contributed by atoms with Crippen LogP contribution in [0.5, 0.6) is 0 Å². The monoisotopic (exact) mass is 274 g/mol. The Bertz CT molecular complexity index is 580. The summed E-state index contributed by atoms with van der Waals surface area (Å²) >= 11 is 0. The maximum Gasteiger partial charge on any atom is 0.243 e. The maximum absolute atomic E-state index is 12.3. The third-order valence-corrected chi connectivity index (χ3v) is 3.49. The van der Waals surface area contributed by atoms with Crippen molar-refractivity contribution in [2.75, 3.05) is 26.7 Å². The molecule has 106 valence electrons. The Morgan fingerprint density at radius 3 is 2.50 bits per heavy atom. The topological polar surface area (TPSA) is 57.7 Å². The molecular formula is C15H18N2O3. The quantitative estimate of drug-likeness (QED) is 0.766. The average Bonchev–Trinajstić information content (AvgIpc) is 2.35. The van der Waals surface area contributed by atoms with Crippen LogP contribution in [-0.4, -0.2) is 54.1 Å². The summed E-state index contributed by atoms with van der Waals surface area (Å²) in [5, 5.41) is 0. The third kappa shape index (κ3) is 2.87. The van der Waals surface area contributed by atoms with Gasteiger partial charge in [-0.3, -0.25) is 14.4 Å². The Balaban J connectivity index is 2.11. The second-order valence-corrected chi connectivity index (χ2v) is 5.24. The molecule has 0 bridgehead atoms. The van der Waals surface area contributed by atoms with Gasteiger partial charge in [0, 0.05) is 12.6 Å². The van der Waals surface area contributed by atoms with Crippen molar-refractivity contribution >= 4 is 17.6 Å². The van der Waals surface area contributed by atoms with Crippen LogP contribution in [0.1, 0.15) is 21.5 Å². The molecule has 5 nitrogen and oxygen atoms in total. The van der Waals surface area contributed by atoms with Gasteiger partial charge in [-0.15, -0.1) is 0 Å².